The van der Waals surface area contributed by atoms with Crippen molar-refractivity contribution in [3.8, 4) is 0 Å². The Bertz CT molecular complexity index is 564. The second kappa shape index (κ2) is 10.1. The highest BCUT2D eigenvalue weighted by Crippen LogP contribution is 2.18. The van der Waals surface area contributed by atoms with Crippen molar-refractivity contribution in [2.45, 2.75) is 70.9 Å². The number of carbonyl (C=O) groups excluding carboxylic acids is 4. The van der Waals surface area contributed by atoms with E-state index in [2.05, 4.69) is 25.3 Å². The lowest BCUT2D eigenvalue weighted by Gasteiger charge is -2.30. The molecule has 1 aliphatic rings. The van der Waals surface area contributed by atoms with E-state index < -0.39 is 11.1 Å². The van der Waals surface area contributed by atoms with Gasteiger partial charge in [-0.15, -0.1) is 0 Å². The van der Waals surface area contributed by atoms with E-state index in [-0.39, 0.29) is 55.9 Å². The van der Waals surface area contributed by atoms with Crippen LogP contribution < -0.4 is 15.9 Å². The Hall–Kier alpha value is -1.57. The fourth-order valence-electron chi connectivity index (χ4n) is 2.73. The first-order chi connectivity index (χ1) is 12.5. The summed E-state index contributed by atoms with van der Waals surface area (Å²) in [6.45, 7) is 7.87. The Balaban J connectivity index is 2.35. The largest absolute Gasteiger partial charge is 0.375 e. The van der Waals surface area contributed by atoms with E-state index in [1.54, 1.807) is 0 Å². The Kier molecular flexibility index (Phi) is 8.78. The minimum Gasteiger partial charge on any atom is -0.375 e. The van der Waals surface area contributed by atoms with Gasteiger partial charge in [0.25, 0.3) is 0 Å². The van der Waals surface area contributed by atoms with E-state index in [1.807, 2.05) is 27.7 Å². The molecule has 4 amide bonds. The molecule has 1 fully saturated rings. The molecule has 1 atom stereocenters. The van der Waals surface area contributed by atoms with Crippen LogP contribution in [-0.2, 0) is 23.9 Å². The summed E-state index contributed by atoms with van der Waals surface area (Å²) in [5.74, 6) is -0.849. The molecule has 27 heavy (non-hydrogen) atoms. The van der Waals surface area contributed by atoms with E-state index in [4.69, 9.17) is 4.74 Å². The lowest BCUT2D eigenvalue weighted by molar-refractivity contribution is -0.138. The number of carbonyl (C=O) groups is 4. The van der Waals surface area contributed by atoms with Crippen LogP contribution >= 0.6 is 9.39 Å². The standard InChI is InChI=1S/C17H31N4O5P/c1-16(2,8-10-26-17(3,4)11-13(23)19-20-27)18-12(22)7-9-21-14(24)5-6-15(21)25/h20H,5-11,27H2,1-4H3,(H,18,22)(H,19,23). The van der Waals surface area contributed by atoms with E-state index >= 15 is 0 Å². The summed E-state index contributed by atoms with van der Waals surface area (Å²) in [6, 6.07) is 0. The van der Waals surface area contributed by atoms with E-state index in [9.17, 15) is 19.2 Å². The summed E-state index contributed by atoms with van der Waals surface area (Å²) < 4.78 is 5.79. The maximum Gasteiger partial charge on any atom is 0.237 e. The summed E-state index contributed by atoms with van der Waals surface area (Å²) in [5, 5.41) is 5.40. The van der Waals surface area contributed by atoms with E-state index in [0.717, 1.165) is 4.90 Å². The van der Waals surface area contributed by atoms with Gasteiger partial charge in [-0.2, -0.15) is 0 Å². The first kappa shape index (κ1) is 23.5. The molecule has 0 aromatic rings. The van der Waals surface area contributed by atoms with Crippen LogP contribution in [0.4, 0.5) is 0 Å². The number of nitrogens with one attached hydrogen (secondary N) is 3. The second-order valence-corrected chi connectivity index (χ2v) is 8.14. The zero-order chi connectivity index (χ0) is 20.7. The Morgan fingerprint density at radius 1 is 1.11 bits per heavy atom. The van der Waals surface area contributed by atoms with E-state index in [0.29, 0.717) is 13.0 Å². The lowest BCUT2D eigenvalue weighted by atomic mass is 10.00. The van der Waals surface area contributed by atoms with Crippen molar-refractivity contribution >= 4 is 33.0 Å². The average molecular weight is 402 g/mol. The topological polar surface area (TPSA) is 117 Å². The van der Waals surface area contributed by atoms with Crippen molar-refractivity contribution in [2.75, 3.05) is 13.2 Å². The summed E-state index contributed by atoms with van der Waals surface area (Å²) in [5.41, 5.74) is 1.31. The third-order valence-corrected chi connectivity index (χ3v) is 4.36. The number of likely N-dealkylation sites (tertiary alicyclic amines) is 1. The molecular weight excluding hydrogens is 371 g/mol. The third-order valence-electron chi connectivity index (χ3n) is 4.21. The maximum absolute atomic E-state index is 12.1. The average Bonchev–Trinajstić information content (AvgIpc) is 2.82. The van der Waals surface area contributed by atoms with Crippen LogP contribution in [-0.4, -0.2) is 52.8 Å². The molecule has 0 aromatic carbocycles. The molecule has 1 unspecified atom stereocenters. The van der Waals surface area contributed by atoms with Crippen LogP contribution in [0.1, 0.15) is 59.8 Å². The Labute approximate surface area is 162 Å². The van der Waals surface area contributed by atoms with Gasteiger partial charge in [-0.25, -0.2) is 5.20 Å². The monoisotopic (exact) mass is 402 g/mol. The summed E-state index contributed by atoms with van der Waals surface area (Å²) in [4.78, 5) is 48.0. The molecule has 1 saturated heterocycles. The molecule has 0 radical (unpaired) electrons. The third kappa shape index (κ3) is 8.77. The number of amides is 4. The molecular formula is C17H31N4O5P. The number of imide groups is 1. The van der Waals surface area contributed by atoms with Gasteiger partial charge in [0.2, 0.25) is 23.6 Å². The smallest absolute Gasteiger partial charge is 0.237 e. The van der Waals surface area contributed by atoms with Gasteiger partial charge in [0.1, 0.15) is 0 Å². The normalized spacial score (nSPS) is 15.2. The molecule has 1 aliphatic heterocycles. The predicted octanol–water partition coefficient (Wildman–Crippen LogP) is 0.407. The number of hydrogen-bond donors (Lipinski definition) is 3. The van der Waals surface area contributed by atoms with E-state index in [1.165, 1.54) is 0 Å². The van der Waals surface area contributed by atoms with Crippen molar-refractivity contribution in [2.24, 2.45) is 0 Å². The molecule has 0 saturated carbocycles. The van der Waals surface area contributed by atoms with Gasteiger partial charge >= 0.3 is 0 Å². The highest BCUT2D eigenvalue weighted by Gasteiger charge is 2.30. The molecule has 10 heteroatoms. The van der Waals surface area contributed by atoms with Gasteiger partial charge in [-0.3, -0.25) is 29.5 Å². The molecule has 1 rings (SSSR count). The maximum atomic E-state index is 12.1. The number of hydrogen-bond acceptors (Lipinski definition) is 6. The van der Waals surface area contributed by atoms with Crippen molar-refractivity contribution in [1.82, 2.24) is 20.8 Å². The molecule has 1 heterocycles. The minimum absolute atomic E-state index is 0.0788. The fraction of sp³-hybridized carbons (Fsp3) is 0.765. The van der Waals surface area contributed by atoms with Crippen LogP contribution in [0.25, 0.3) is 0 Å². The Morgan fingerprint density at radius 3 is 2.26 bits per heavy atom. The molecule has 9 nitrogen and oxygen atoms in total. The second-order valence-electron chi connectivity index (χ2n) is 7.85. The number of hydrazine groups is 1. The minimum atomic E-state index is -0.637. The number of ether oxygens (including phenoxy) is 1. The molecule has 0 aliphatic carbocycles. The van der Waals surface area contributed by atoms with Crippen molar-refractivity contribution in [3.63, 3.8) is 0 Å². The van der Waals surface area contributed by atoms with Gasteiger partial charge in [0.15, 0.2) is 0 Å². The van der Waals surface area contributed by atoms with Gasteiger partial charge in [0.05, 0.1) is 12.0 Å². The highest BCUT2D eigenvalue weighted by atomic mass is 31.0. The van der Waals surface area contributed by atoms with Gasteiger partial charge in [-0.05, 0) is 43.5 Å². The summed E-state index contributed by atoms with van der Waals surface area (Å²) in [6.07, 6.45) is 1.27. The first-order valence-corrected chi connectivity index (χ1v) is 9.56. The number of rotatable bonds is 11. The van der Waals surface area contributed by atoms with Gasteiger partial charge < -0.3 is 10.1 Å². The molecule has 0 aromatic heterocycles. The SMILES string of the molecule is CC(C)(CCOC(C)(C)CC(=O)NNP)NC(=O)CCN1C(=O)CCC1=O. The zero-order valence-electron chi connectivity index (χ0n) is 16.5. The van der Waals surface area contributed by atoms with Crippen LogP contribution in [0.3, 0.4) is 0 Å². The zero-order valence-corrected chi connectivity index (χ0v) is 17.7. The van der Waals surface area contributed by atoms with Gasteiger partial charge in [0, 0.05) is 38.0 Å². The first-order valence-electron chi connectivity index (χ1n) is 8.98. The summed E-state index contributed by atoms with van der Waals surface area (Å²) >= 11 is 0. The van der Waals surface area contributed by atoms with Crippen LogP contribution in [0.5, 0.6) is 0 Å². The molecule has 154 valence electrons. The summed E-state index contributed by atoms with van der Waals surface area (Å²) in [7, 11) is 2.19. The van der Waals surface area contributed by atoms with Crippen LogP contribution in [0.15, 0.2) is 0 Å². The van der Waals surface area contributed by atoms with Crippen LogP contribution in [0, 0.1) is 0 Å². The van der Waals surface area contributed by atoms with Crippen molar-refractivity contribution in [1.29, 1.82) is 0 Å². The number of nitrogens with zero attached hydrogens (tertiary/aromatic N) is 1. The Morgan fingerprint density at radius 2 is 1.70 bits per heavy atom. The van der Waals surface area contributed by atoms with Crippen LogP contribution in [0.2, 0.25) is 0 Å². The quantitative estimate of drug-likeness (QED) is 0.262. The molecule has 3 N–H and O–H groups in total. The van der Waals surface area contributed by atoms with Crippen molar-refractivity contribution in [3.05, 3.63) is 0 Å². The van der Waals surface area contributed by atoms with Crippen molar-refractivity contribution < 1.29 is 23.9 Å². The van der Waals surface area contributed by atoms with Gasteiger partial charge in [-0.1, -0.05) is 0 Å². The molecule has 0 spiro atoms. The predicted molar refractivity (Wildman–Crippen MR) is 103 cm³/mol. The fourth-order valence-corrected chi connectivity index (χ4v) is 2.89. The lowest BCUT2D eigenvalue weighted by Crippen LogP contribution is -2.46. The highest BCUT2D eigenvalue weighted by molar-refractivity contribution is 7.13. The molecule has 0 bridgehead atoms.